The molecule has 0 bridgehead atoms. The quantitative estimate of drug-likeness (QED) is 0.701. The molecule has 2 rings (SSSR count). The van der Waals surface area contributed by atoms with Crippen LogP contribution in [0, 0.1) is 0 Å². The van der Waals surface area contributed by atoms with Crippen molar-refractivity contribution in [2.75, 3.05) is 25.3 Å². The number of hydroxylamine groups is 1. The van der Waals surface area contributed by atoms with E-state index in [2.05, 4.69) is 5.32 Å². The van der Waals surface area contributed by atoms with E-state index in [0.717, 1.165) is 24.5 Å². The van der Waals surface area contributed by atoms with Crippen LogP contribution >= 0.6 is 0 Å². The Kier molecular flexibility index (Phi) is 2.56. The molecule has 0 saturated carbocycles. The van der Waals surface area contributed by atoms with E-state index in [4.69, 9.17) is 4.74 Å². The van der Waals surface area contributed by atoms with E-state index in [1.807, 2.05) is 24.3 Å². The van der Waals surface area contributed by atoms with Crippen LogP contribution in [0.15, 0.2) is 24.3 Å². The minimum Gasteiger partial charge on any atom is -0.497 e. The van der Waals surface area contributed by atoms with Crippen molar-refractivity contribution in [1.29, 1.82) is 0 Å². The van der Waals surface area contributed by atoms with Gasteiger partial charge in [-0.25, -0.2) is 0 Å². The van der Waals surface area contributed by atoms with Crippen molar-refractivity contribution in [3.63, 3.8) is 0 Å². The highest BCUT2D eigenvalue weighted by Gasteiger charge is 2.23. The number of nitrogens with zero attached hydrogens (tertiary/aromatic N) is 1. The van der Waals surface area contributed by atoms with Crippen molar-refractivity contribution < 1.29 is 9.94 Å². The normalized spacial score (nSPS) is 16.1. The molecule has 1 aromatic carbocycles. The Balaban J connectivity index is 2.07. The molecule has 0 spiro atoms. The number of ether oxygens (including phenoxy) is 1. The van der Waals surface area contributed by atoms with E-state index in [1.54, 1.807) is 7.11 Å². The standard InChI is InChI=1S/C10H14N2O2/c1-14-10-4-2-8(3-5-10)12(13)9-6-11-7-9/h2-5,9,11,13H,6-7H2,1H3. The Morgan fingerprint density at radius 2 is 2.00 bits per heavy atom. The molecular weight excluding hydrogens is 180 g/mol. The molecule has 1 heterocycles. The van der Waals surface area contributed by atoms with Crippen LogP contribution in [0.4, 0.5) is 5.69 Å². The molecule has 1 aromatic rings. The molecule has 1 aliphatic heterocycles. The van der Waals surface area contributed by atoms with E-state index in [-0.39, 0.29) is 6.04 Å². The summed E-state index contributed by atoms with van der Waals surface area (Å²) < 4.78 is 5.04. The van der Waals surface area contributed by atoms with Gasteiger partial charge in [0.05, 0.1) is 18.8 Å². The Hall–Kier alpha value is -1.26. The third kappa shape index (κ3) is 1.66. The van der Waals surface area contributed by atoms with Crippen LogP contribution in [0.3, 0.4) is 0 Å². The molecule has 0 aliphatic carbocycles. The molecule has 76 valence electrons. The summed E-state index contributed by atoms with van der Waals surface area (Å²) >= 11 is 0. The minimum atomic E-state index is 0.198. The zero-order chi connectivity index (χ0) is 9.97. The SMILES string of the molecule is COc1ccc(N(O)C2CNC2)cc1. The molecule has 14 heavy (non-hydrogen) atoms. The maximum Gasteiger partial charge on any atom is 0.119 e. The average molecular weight is 194 g/mol. The van der Waals surface area contributed by atoms with Gasteiger partial charge in [-0.05, 0) is 24.3 Å². The molecule has 0 amide bonds. The van der Waals surface area contributed by atoms with E-state index in [0.29, 0.717) is 0 Å². The van der Waals surface area contributed by atoms with Gasteiger partial charge in [0.25, 0.3) is 0 Å². The summed E-state index contributed by atoms with van der Waals surface area (Å²) in [6, 6.07) is 7.56. The van der Waals surface area contributed by atoms with Crippen molar-refractivity contribution >= 4 is 5.69 Å². The molecule has 4 nitrogen and oxygen atoms in total. The highest BCUT2D eigenvalue weighted by Crippen LogP contribution is 2.20. The van der Waals surface area contributed by atoms with Crippen LogP contribution in [-0.2, 0) is 0 Å². The van der Waals surface area contributed by atoms with Crippen LogP contribution in [0.2, 0.25) is 0 Å². The smallest absolute Gasteiger partial charge is 0.119 e. The number of hydrogen-bond donors (Lipinski definition) is 2. The maximum atomic E-state index is 9.76. The van der Waals surface area contributed by atoms with Crippen LogP contribution in [0.1, 0.15) is 0 Å². The van der Waals surface area contributed by atoms with Gasteiger partial charge in [0.15, 0.2) is 0 Å². The van der Waals surface area contributed by atoms with E-state index in [9.17, 15) is 5.21 Å². The first-order valence-corrected chi connectivity index (χ1v) is 4.64. The van der Waals surface area contributed by atoms with E-state index in [1.165, 1.54) is 5.06 Å². The lowest BCUT2D eigenvalue weighted by Gasteiger charge is -2.34. The molecule has 0 atom stereocenters. The van der Waals surface area contributed by atoms with Gasteiger partial charge in [-0.2, -0.15) is 0 Å². The molecule has 0 radical (unpaired) electrons. The largest absolute Gasteiger partial charge is 0.497 e. The van der Waals surface area contributed by atoms with Gasteiger partial charge in [-0.15, -0.1) is 0 Å². The first kappa shape index (κ1) is 9.30. The van der Waals surface area contributed by atoms with E-state index < -0.39 is 0 Å². The van der Waals surface area contributed by atoms with Crippen molar-refractivity contribution in [1.82, 2.24) is 5.32 Å². The molecule has 1 fully saturated rings. The third-order valence-electron chi connectivity index (χ3n) is 2.44. The summed E-state index contributed by atoms with van der Waals surface area (Å²) in [6.45, 7) is 1.67. The summed E-state index contributed by atoms with van der Waals surface area (Å²) in [5, 5.41) is 14.2. The third-order valence-corrected chi connectivity index (χ3v) is 2.44. The Morgan fingerprint density at radius 1 is 1.36 bits per heavy atom. The molecule has 1 aliphatic rings. The van der Waals surface area contributed by atoms with Gasteiger partial charge >= 0.3 is 0 Å². The summed E-state index contributed by atoms with van der Waals surface area (Å²) in [5.74, 6) is 0.800. The molecule has 4 heteroatoms. The summed E-state index contributed by atoms with van der Waals surface area (Å²) in [7, 11) is 1.63. The van der Waals surface area contributed by atoms with Crippen LogP contribution in [-0.4, -0.2) is 31.4 Å². The highest BCUT2D eigenvalue weighted by molar-refractivity contribution is 5.47. The van der Waals surface area contributed by atoms with Gasteiger partial charge < -0.3 is 10.1 Å². The van der Waals surface area contributed by atoms with Gasteiger partial charge in [0, 0.05) is 13.1 Å². The predicted octanol–water partition coefficient (Wildman–Crippen LogP) is 0.863. The van der Waals surface area contributed by atoms with Crippen LogP contribution in [0.25, 0.3) is 0 Å². The van der Waals surface area contributed by atoms with Crippen molar-refractivity contribution in [2.45, 2.75) is 6.04 Å². The van der Waals surface area contributed by atoms with Gasteiger partial charge in [0.2, 0.25) is 0 Å². The molecule has 0 aromatic heterocycles. The number of rotatable bonds is 3. The first-order valence-electron chi connectivity index (χ1n) is 4.64. The zero-order valence-corrected chi connectivity index (χ0v) is 8.10. The molecule has 0 unspecified atom stereocenters. The molecule has 2 N–H and O–H groups in total. The highest BCUT2D eigenvalue weighted by atomic mass is 16.5. The van der Waals surface area contributed by atoms with Crippen molar-refractivity contribution in [3.05, 3.63) is 24.3 Å². The lowest BCUT2D eigenvalue weighted by atomic mass is 10.1. The lowest BCUT2D eigenvalue weighted by Crippen LogP contribution is -2.56. The number of methoxy groups -OCH3 is 1. The number of hydrogen-bond acceptors (Lipinski definition) is 4. The second-order valence-electron chi connectivity index (χ2n) is 3.35. The summed E-state index contributed by atoms with van der Waals surface area (Å²) in [5.41, 5.74) is 0.803. The van der Waals surface area contributed by atoms with Crippen LogP contribution in [0.5, 0.6) is 5.75 Å². The monoisotopic (exact) mass is 194 g/mol. The fourth-order valence-electron chi connectivity index (χ4n) is 1.39. The fourth-order valence-corrected chi connectivity index (χ4v) is 1.39. The second kappa shape index (κ2) is 3.86. The lowest BCUT2D eigenvalue weighted by molar-refractivity contribution is 0.183. The number of anilines is 1. The maximum absolute atomic E-state index is 9.76. The van der Waals surface area contributed by atoms with E-state index >= 15 is 0 Å². The summed E-state index contributed by atoms with van der Waals surface area (Å²) in [6.07, 6.45) is 0. The molecular formula is C10H14N2O2. The zero-order valence-electron chi connectivity index (χ0n) is 8.10. The number of benzene rings is 1. The molecule has 1 saturated heterocycles. The Bertz CT molecular complexity index is 295. The predicted molar refractivity (Wildman–Crippen MR) is 53.9 cm³/mol. The van der Waals surface area contributed by atoms with Crippen molar-refractivity contribution in [2.24, 2.45) is 0 Å². The Labute approximate surface area is 83.1 Å². The first-order chi connectivity index (χ1) is 6.81. The van der Waals surface area contributed by atoms with Crippen molar-refractivity contribution in [3.8, 4) is 5.75 Å². The van der Waals surface area contributed by atoms with Gasteiger partial charge in [0.1, 0.15) is 5.75 Å². The van der Waals surface area contributed by atoms with Gasteiger partial charge in [-0.3, -0.25) is 10.3 Å². The Morgan fingerprint density at radius 3 is 2.43 bits per heavy atom. The number of nitrogens with one attached hydrogen (secondary N) is 1. The summed E-state index contributed by atoms with van der Waals surface area (Å²) in [4.78, 5) is 0. The average Bonchev–Trinajstić information content (AvgIpc) is 2.15. The van der Waals surface area contributed by atoms with Crippen LogP contribution < -0.4 is 15.1 Å². The fraction of sp³-hybridized carbons (Fsp3) is 0.400. The minimum absolute atomic E-state index is 0.198. The topological polar surface area (TPSA) is 44.7 Å². The second-order valence-corrected chi connectivity index (χ2v) is 3.35. The van der Waals surface area contributed by atoms with Gasteiger partial charge in [-0.1, -0.05) is 0 Å².